The van der Waals surface area contributed by atoms with Crippen LogP contribution in [0.1, 0.15) is 32.6 Å². The molecule has 0 aliphatic carbocycles. The van der Waals surface area contributed by atoms with Gasteiger partial charge in [-0.3, -0.25) is 0 Å². The first kappa shape index (κ1) is 20.0. The van der Waals surface area contributed by atoms with Gasteiger partial charge >= 0.3 is 12.4 Å². The fourth-order valence-electron chi connectivity index (χ4n) is 1.68. The molecule has 124 valence electrons. The topological polar surface area (TPSA) is 57.9 Å². The van der Waals surface area contributed by atoms with E-state index >= 15 is 0 Å². The van der Waals surface area contributed by atoms with Crippen molar-refractivity contribution in [3.05, 3.63) is 0 Å². The Balaban J connectivity index is 4.76. The normalized spacial score (nSPS) is 16.3. The fourth-order valence-corrected chi connectivity index (χ4v) is 3.13. The average Bonchev–Trinajstić information content (AvgIpc) is 2.29. The summed E-state index contributed by atoms with van der Waals surface area (Å²) in [5, 5.41) is 6.84. The molecule has 10 heteroatoms. The third kappa shape index (κ3) is 7.55. The molecule has 3 nitrogen and oxygen atoms in total. The van der Waals surface area contributed by atoms with Gasteiger partial charge in [0.2, 0.25) is 0 Å². The van der Waals surface area contributed by atoms with Crippen LogP contribution in [0, 0.1) is 17.2 Å². The molecule has 0 saturated carbocycles. The van der Waals surface area contributed by atoms with Crippen LogP contribution < -0.4 is 0 Å². The lowest BCUT2D eigenvalue weighted by molar-refractivity contribution is -0.177. The van der Waals surface area contributed by atoms with Gasteiger partial charge in [-0.1, -0.05) is 6.92 Å². The average molecular weight is 339 g/mol. The minimum absolute atomic E-state index is 0.287. The van der Waals surface area contributed by atoms with Crippen LogP contribution >= 0.6 is 0 Å². The summed E-state index contributed by atoms with van der Waals surface area (Å²) in [7, 11) is -4.40. The highest BCUT2D eigenvalue weighted by atomic mass is 32.2. The lowest BCUT2D eigenvalue weighted by atomic mass is 9.99. The minimum atomic E-state index is -4.70. The number of nitriles is 1. The summed E-state index contributed by atoms with van der Waals surface area (Å²) < 4.78 is 96.5. The van der Waals surface area contributed by atoms with E-state index in [4.69, 9.17) is 5.26 Å². The van der Waals surface area contributed by atoms with Crippen molar-refractivity contribution >= 4 is 9.84 Å². The van der Waals surface area contributed by atoms with Gasteiger partial charge in [-0.2, -0.15) is 31.6 Å². The number of hydrogen-bond donors (Lipinski definition) is 0. The summed E-state index contributed by atoms with van der Waals surface area (Å²) >= 11 is 0. The summed E-state index contributed by atoms with van der Waals surface area (Å²) in [6.45, 7) is 1.26. The van der Waals surface area contributed by atoms with Crippen LogP contribution in [0.4, 0.5) is 26.3 Å². The predicted molar refractivity (Wildman–Crippen MR) is 62.9 cm³/mol. The first-order valence-electron chi connectivity index (χ1n) is 6.08. The van der Waals surface area contributed by atoms with Crippen molar-refractivity contribution in [2.45, 2.75) is 50.2 Å². The molecular formula is C11H15F6NO2S. The molecular weight excluding hydrogens is 324 g/mol. The maximum absolute atomic E-state index is 12.5. The van der Waals surface area contributed by atoms with E-state index in [9.17, 15) is 34.8 Å². The van der Waals surface area contributed by atoms with E-state index in [1.54, 1.807) is 0 Å². The van der Waals surface area contributed by atoms with Crippen molar-refractivity contribution in [1.82, 2.24) is 0 Å². The number of alkyl halides is 6. The molecule has 0 aliphatic rings. The summed E-state index contributed by atoms with van der Waals surface area (Å²) in [5.74, 6) is -3.07. The van der Waals surface area contributed by atoms with Gasteiger partial charge in [0.05, 0.1) is 24.2 Å². The Bertz CT molecular complexity index is 463. The van der Waals surface area contributed by atoms with E-state index in [0.717, 1.165) is 0 Å². The Labute approximate surface area is 118 Å². The SMILES string of the molecule is CCC(CCC(C#N)S(=O)(=O)CCC(F)(F)F)C(F)(F)F. The van der Waals surface area contributed by atoms with Crippen molar-refractivity contribution < 1.29 is 34.8 Å². The summed E-state index contributed by atoms with van der Waals surface area (Å²) in [4.78, 5) is 0. The van der Waals surface area contributed by atoms with Crippen LogP contribution in [-0.4, -0.2) is 31.8 Å². The fraction of sp³-hybridized carbons (Fsp3) is 0.909. The van der Waals surface area contributed by atoms with Crippen LogP contribution in [0.3, 0.4) is 0 Å². The van der Waals surface area contributed by atoms with Crippen LogP contribution in [0.25, 0.3) is 0 Å². The molecule has 0 aliphatic heterocycles. The highest BCUT2D eigenvalue weighted by Crippen LogP contribution is 2.33. The van der Waals surface area contributed by atoms with Gasteiger partial charge in [0.25, 0.3) is 0 Å². The van der Waals surface area contributed by atoms with Crippen LogP contribution in [0.15, 0.2) is 0 Å². The maximum Gasteiger partial charge on any atom is 0.391 e. The minimum Gasteiger partial charge on any atom is -0.227 e. The van der Waals surface area contributed by atoms with Crippen molar-refractivity contribution in [1.29, 1.82) is 5.26 Å². The second-order valence-electron chi connectivity index (χ2n) is 4.57. The van der Waals surface area contributed by atoms with Gasteiger partial charge in [-0.15, -0.1) is 0 Å². The first-order valence-corrected chi connectivity index (χ1v) is 7.79. The standard InChI is InChI=1S/C11H15F6NO2S/c1-2-8(11(15,16)17)3-4-9(7-18)21(19,20)6-5-10(12,13)14/h8-9H,2-6H2,1H3. The molecule has 0 saturated heterocycles. The van der Waals surface area contributed by atoms with Gasteiger partial charge in [-0.05, 0) is 19.3 Å². The monoisotopic (exact) mass is 339 g/mol. The molecule has 0 bridgehead atoms. The molecule has 0 heterocycles. The lowest BCUT2D eigenvalue weighted by Crippen LogP contribution is -2.28. The van der Waals surface area contributed by atoms with Gasteiger partial charge in [-0.25, -0.2) is 8.42 Å². The highest BCUT2D eigenvalue weighted by molar-refractivity contribution is 7.92. The van der Waals surface area contributed by atoms with Gasteiger partial charge in [0, 0.05) is 0 Å². The molecule has 0 rings (SSSR count). The van der Waals surface area contributed by atoms with E-state index in [1.807, 2.05) is 0 Å². The van der Waals surface area contributed by atoms with Gasteiger partial charge in [0.1, 0.15) is 5.25 Å². The largest absolute Gasteiger partial charge is 0.391 e. The smallest absolute Gasteiger partial charge is 0.227 e. The zero-order valence-electron chi connectivity index (χ0n) is 11.1. The van der Waals surface area contributed by atoms with Crippen molar-refractivity contribution in [2.75, 3.05) is 5.75 Å². The third-order valence-corrected chi connectivity index (χ3v) is 4.96. The zero-order chi connectivity index (χ0) is 16.9. The van der Waals surface area contributed by atoms with E-state index in [2.05, 4.69) is 0 Å². The van der Waals surface area contributed by atoms with Crippen LogP contribution in [0.5, 0.6) is 0 Å². The molecule has 0 spiro atoms. The number of rotatable bonds is 7. The van der Waals surface area contributed by atoms with E-state index in [1.165, 1.54) is 13.0 Å². The molecule has 21 heavy (non-hydrogen) atoms. The Morgan fingerprint density at radius 1 is 1.10 bits per heavy atom. The quantitative estimate of drug-likeness (QED) is 0.666. The Morgan fingerprint density at radius 3 is 1.95 bits per heavy atom. The van der Waals surface area contributed by atoms with E-state index in [-0.39, 0.29) is 6.42 Å². The molecule has 0 fully saturated rings. The zero-order valence-corrected chi connectivity index (χ0v) is 11.9. The van der Waals surface area contributed by atoms with Crippen molar-refractivity contribution in [3.63, 3.8) is 0 Å². The first-order chi connectivity index (χ1) is 9.33. The predicted octanol–water partition coefficient (Wildman–Crippen LogP) is 3.61. The lowest BCUT2D eigenvalue weighted by Gasteiger charge is -2.19. The van der Waals surface area contributed by atoms with Crippen LogP contribution in [-0.2, 0) is 9.84 Å². The summed E-state index contributed by atoms with van der Waals surface area (Å²) in [6.07, 6.45) is -12.4. The van der Waals surface area contributed by atoms with Crippen molar-refractivity contribution in [2.24, 2.45) is 5.92 Å². The Kier molecular flexibility index (Phi) is 6.99. The molecule has 0 radical (unpaired) electrons. The second kappa shape index (κ2) is 7.33. The molecule has 0 aromatic rings. The molecule has 0 aromatic heterocycles. The molecule has 0 amide bonds. The van der Waals surface area contributed by atoms with Crippen molar-refractivity contribution in [3.8, 4) is 6.07 Å². The highest BCUT2D eigenvalue weighted by Gasteiger charge is 2.39. The molecule has 2 atom stereocenters. The van der Waals surface area contributed by atoms with E-state index < -0.39 is 58.4 Å². The van der Waals surface area contributed by atoms with E-state index in [0.29, 0.717) is 0 Å². The summed E-state index contributed by atoms with van der Waals surface area (Å²) in [6, 6.07) is 1.29. The van der Waals surface area contributed by atoms with Crippen LogP contribution in [0.2, 0.25) is 0 Å². The maximum atomic E-state index is 12.5. The molecule has 2 unspecified atom stereocenters. The Morgan fingerprint density at radius 2 is 1.62 bits per heavy atom. The summed E-state index contributed by atoms with van der Waals surface area (Å²) in [5.41, 5.74) is 0. The van der Waals surface area contributed by atoms with Gasteiger partial charge < -0.3 is 0 Å². The number of hydrogen-bond acceptors (Lipinski definition) is 3. The Hall–Kier alpha value is -0.980. The number of nitrogens with zero attached hydrogens (tertiary/aromatic N) is 1. The van der Waals surface area contributed by atoms with Gasteiger partial charge in [0.15, 0.2) is 9.84 Å². The molecule has 0 N–H and O–H groups in total. The number of sulfone groups is 1. The third-order valence-electron chi connectivity index (χ3n) is 2.98. The number of halogens is 6. The second-order valence-corrected chi connectivity index (χ2v) is 6.88. The molecule has 0 aromatic carbocycles.